The first-order valence-corrected chi connectivity index (χ1v) is 8.10. The van der Waals surface area contributed by atoms with Gasteiger partial charge in [0.05, 0.1) is 20.8 Å². The highest BCUT2D eigenvalue weighted by Gasteiger charge is 2.10. The van der Waals surface area contributed by atoms with E-state index in [0.717, 1.165) is 12.7 Å². The second-order valence-electron chi connectivity index (χ2n) is 4.08. The van der Waals surface area contributed by atoms with Crippen LogP contribution < -0.4 is 0 Å². The predicted octanol–water partition coefficient (Wildman–Crippen LogP) is 3.12. The van der Waals surface area contributed by atoms with E-state index in [-0.39, 0.29) is 0 Å². The fourth-order valence-electron chi connectivity index (χ4n) is 0.562. The molecule has 2 nitrogen and oxygen atoms in total. The summed E-state index contributed by atoms with van der Waals surface area (Å²) in [6.07, 6.45) is 3.37. The Balaban J connectivity index is 3.30. The molecule has 0 saturated carbocycles. The SMILES string of the molecule is CCCCN=NC[Si](C)(C)C. The van der Waals surface area contributed by atoms with E-state index in [9.17, 15) is 0 Å². The predicted molar refractivity (Wildman–Crippen MR) is 52.8 cm³/mol. The minimum absolute atomic E-state index is 0.918. The van der Waals surface area contributed by atoms with Crippen molar-refractivity contribution in [3.8, 4) is 0 Å². The Morgan fingerprint density at radius 3 is 2.18 bits per heavy atom. The van der Waals surface area contributed by atoms with Gasteiger partial charge in [-0.3, -0.25) is 0 Å². The number of hydrogen-bond donors (Lipinski definition) is 0. The maximum absolute atomic E-state index is 4.17. The molecule has 0 spiro atoms. The van der Waals surface area contributed by atoms with Crippen molar-refractivity contribution in [3.63, 3.8) is 0 Å². The second kappa shape index (κ2) is 5.47. The molecule has 0 aromatic heterocycles. The summed E-state index contributed by atoms with van der Waals surface area (Å²) >= 11 is 0. The topological polar surface area (TPSA) is 24.7 Å². The zero-order chi connectivity index (χ0) is 8.74. The van der Waals surface area contributed by atoms with Gasteiger partial charge in [-0.25, -0.2) is 0 Å². The van der Waals surface area contributed by atoms with Crippen LogP contribution in [-0.4, -0.2) is 20.8 Å². The first-order chi connectivity index (χ1) is 5.06. The maximum Gasteiger partial charge on any atom is 0.0716 e. The molecule has 11 heavy (non-hydrogen) atoms. The zero-order valence-corrected chi connectivity index (χ0v) is 9.22. The number of hydrogen-bond acceptors (Lipinski definition) is 2. The highest BCUT2D eigenvalue weighted by Crippen LogP contribution is 2.00. The van der Waals surface area contributed by atoms with E-state index in [2.05, 4.69) is 36.8 Å². The van der Waals surface area contributed by atoms with Gasteiger partial charge >= 0.3 is 0 Å². The summed E-state index contributed by atoms with van der Waals surface area (Å²) in [5.41, 5.74) is 0. The fraction of sp³-hybridized carbons (Fsp3) is 1.00. The molecule has 0 aliphatic rings. The minimum atomic E-state index is -0.978. The quantitative estimate of drug-likeness (QED) is 0.346. The van der Waals surface area contributed by atoms with Crippen LogP contribution in [0.2, 0.25) is 19.6 Å². The Morgan fingerprint density at radius 2 is 1.73 bits per heavy atom. The van der Waals surface area contributed by atoms with Crippen LogP contribution in [0.1, 0.15) is 19.8 Å². The van der Waals surface area contributed by atoms with Gasteiger partial charge in [0.2, 0.25) is 0 Å². The molecular weight excluding hydrogens is 152 g/mol. The first-order valence-electron chi connectivity index (χ1n) is 4.39. The Labute approximate surface area is 71.1 Å². The third kappa shape index (κ3) is 9.82. The van der Waals surface area contributed by atoms with Gasteiger partial charge in [-0.2, -0.15) is 10.2 Å². The monoisotopic (exact) mass is 172 g/mol. The van der Waals surface area contributed by atoms with Crippen LogP contribution in [0.15, 0.2) is 10.2 Å². The van der Waals surface area contributed by atoms with E-state index in [1.165, 1.54) is 12.8 Å². The minimum Gasteiger partial charge on any atom is -0.198 e. The Bertz CT molecular complexity index is 116. The van der Waals surface area contributed by atoms with Crippen LogP contribution in [0.3, 0.4) is 0 Å². The average molecular weight is 172 g/mol. The summed E-state index contributed by atoms with van der Waals surface area (Å²) in [5, 5.41) is 8.27. The normalized spacial score (nSPS) is 12.7. The van der Waals surface area contributed by atoms with Gasteiger partial charge in [-0.1, -0.05) is 33.0 Å². The highest BCUT2D eigenvalue weighted by atomic mass is 28.3. The molecular formula is C8H20N2Si. The van der Waals surface area contributed by atoms with Crippen molar-refractivity contribution in [2.75, 3.05) is 12.7 Å². The molecule has 0 aliphatic heterocycles. The standard InChI is InChI=1S/C8H20N2Si/c1-5-6-7-9-10-8-11(2,3)4/h5-8H2,1-4H3. The molecule has 0 amide bonds. The molecule has 0 radical (unpaired) electrons. The lowest BCUT2D eigenvalue weighted by Gasteiger charge is -2.09. The molecule has 0 saturated heterocycles. The lowest BCUT2D eigenvalue weighted by molar-refractivity contribution is 0.769. The highest BCUT2D eigenvalue weighted by molar-refractivity contribution is 6.76. The van der Waals surface area contributed by atoms with E-state index < -0.39 is 8.07 Å². The van der Waals surface area contributed by atoms with E-state index in [0.29, 0.717) is 0 Å². The van der Waals surface area contributed by atoms with Crippen molar-refractivity contribution in [2.45, 2.75) is 39.4 Å². The summed E-state index contributed by atoms with van der Waals surface area (Å²) in [6.45, 7) is 10.0. The largest absolute Gasteiger partial charge is 0.198 e. The van der Waals surface area contributed by atoms with E-state index in [1.807, 2.05) is 0 Å². The number of rotatable bonds is 5. The lowest BCUT2D eigenvalue weighted by Crippen LogP contribution is -2.24. The fourth-order valence-corrected chi connectivity index (χ4v) is 1.09. The summed E-state index contributed by atoms with van der Waals surface area (Å²) in [5.74, 6) is 0. The summed E-state index contributed by atoms with van der Waals surface area (Å²) < 4.78 is 0. The lowest BCUT2D eigenvalue weighted by atomic mass is 10.3. The van der Waals surface area contributed by atoms with Crippen LogP contribution in [-0.2, 0) is 0 Å². The van der Waals surface area contributed by atoms with E-state index in [1.54, 1.807) is 0 Å². The zero-order valence-electron chi connectivity index (χ0n) is 8.22. The van der Waals surface area contributed by atoms with Gasteiger partial charge in [0.25, 0.3) is 0 Å². The van der Waals surface area contributed by atoms with Crippen molar-refractivity contribution < 1.29 is 0 Å². The van der Waals surface area contributed by atoms with Crippen molar-refractivity contribution in [1.82, 2.24) is 0 Å². The average Bonchev–Trinajstić information content (AvgIpc) is 1.85. The van der Waals surface area contributed by atoms with Crippen LogP contribution >= 0.6 is 0 Å². The van der Waals surface area contributed by atoms with Gasteiger partial charge in [-0.15, -0.1) is 0 Å². The van der Waals surface area contributed by atoms with Crippen LogP contribution in [0.4, 0.5) is 0 Å². The van der Waals surface area contributed by atoms with Crippen molar-refractivity contribution in [3.05, 3.63) is 0 Å². The molecule has 0 heterocycles. The van der Waals surface area contributed by atoms with Crippen LogP contribution in [0.25, 0.3) is 0 Å². The smallest absolute Gasteiger partial charge is 0.0716 e. The van der Waals surface area contributed by atoms with Crippen LogP contribution in [0.5, 0.6) is 0 Å². The molecule has 0 unspecified atom stereocenters. The number of azo groups is 1. The maximum atomic E-state index is 4.17. The molecule has 0 aromatic carbocycles. The molecule has 0 rings (SSSR count). The molecule has 0 aromatic rings. The molecule has 0 aliphatic carbocycles. The summed E-state index contributed by atoms with van der Waals surface area (Å²) in [4.78, 5) is 0. The van der Waals surface area contributed by atoms with Gasteiger partial charge in [0, 0.05) is 0 Å². The molecule has 3 heteroatoms. The van der Waals surface area contributed by atoms with Crippen molar-refractivity contribution >= 4 is 8.07 Å². The molecule has 0 atom stereocenters. The molecule has 0 bridgehead atoms. The van der Waals surface area contributed by atoms with E-state index in [4.69, 9.17) is 0 Å². The molecule has 66 valence electrons. The Kier molecular flexibility index (Phi) is 5.37. The van der Waals surface area contributed by atoms with Gasteiger partial charge in [0.15, 0.2) is 0 Å². The Hall–Kier alpha value is -0.183. The summed E-state index contributed by atoms with van der Waals surface area (Å²) in [7, 11) is -0.978. The molecule has 0 fully saturated rings. The van der Waals surface area contributed by atoms with E-state index >= 15 is 0 Å². The van der Waals surface area contributed by atoms with Crippen molar-refractivity contribution in [1.29, 1.82) is 0 Å². The van der Waals surface area contributed by atoms with Gasteiger partial charge < -0.3 is 0 Å². The van der Waals surface area contributed by atoms with Gasteiger partial charge in [0.1, 0.15) is 0 Å². The van der Waals surface area contributed by atoms with Gasteiger partial charge in [-0.05, 0) is 6.42 Å². The first kappa shape index (κ1) is 10.8. The second-order valence-corrected chi connectivity index (χ2v) is 9.52. The number of nitrogens with zero attached hydrogens (tertiary/aromatic N) is 2. The Morgan fingerprint density at radius 1 is 1.09 bits per heavy atom. The number of unbranched alkanes of at least 4 members (excludes halogenated alkanes) is 1. The third-order valence-electron chi connectivity index (χ3n) is 1.26. The summed E-state index contributed by atoms with van der Waals surface area (Å²) in [6, 6.07) is 0. The molecule has 0 N–H and O–H groups in total. The third-order valence-corrected chi connectivity index (χ3v) is 2.35. The van der Waals surface area contributed by atoms with Crippen molar-refractivity contribution in [2.24, 2.45) is 10.2 Å². The van der Waals surface area contributed by atoms with Crippen LogP contribution in [0, 0.1) is 0 Å².